The number of carboxylic acid groups (broad SMARTS) is 1. The zero-order valence-corrected chi connectivity index (χ0v) is 4.50. The summed E-state index contributed by atoms with van der Waals surface area (Å²) in [5.41, 5.74) is 0. The number of rotatable bonds is 4. The van der Waals surface area contributed by atoms with Crippen molar-refractivity contribution in [2.45, 2.75) is 6.04 Å². The van der Waals surface area contributed by atoms with E-state index in [2.05, 4.69) is 0 Å². The second kappa shape index (κ2) is 3.85. The van der Waals surface area contributed by atoms with E-state index >= 15 is 0 Å². The van der Waals surface area contributed by atoms with Crippen LogP contribution in [0.3, 0.4) is 0 Å². The van der Waals surface area contributed by atoms with Crippen molar-refractivity contribution in [3.05, 3.63) is 0 Å². The fourth-order valence-corrected chi connectivity index (χ4v) is 0.257. The maximum Gasteiger partial charge on any atom is 0.328 e. The van der Waals surface area contributed by atoms with Gasteiger partial charge in [0.25, 0.3) is 0 Å². The van der Waals surface area contributed by atoms with E-state index < -0.39 is 18.6 Å². The lowest BCUT2D eigenvalue weighted by atomic mass is 10.3. The summed E-state index contributed by atoms with van der Waals surface area (Å²) in [5.74, 6) is -1.28. The molecule has 5 nitrogen and oxygen atoms in total. The molecule has 0 aromatic carbocycles. The summed E-state index contributed by atoms with van der Waals surface area (Å²) in [5, 5.41) is 18.1. The summed E-state index contributed by atoms with van der Waals surface area (Å²) in [7, 11) is 0. The van der Waals surface area contributed by atoms with Crippen LogP contribution >= 0.6 is 0 Å². The highest BCUT2D eigenvalue weighted by Crippen LogP contribution is 1.77. The molecular weight excluding hydrogens is 126 g/mol. The molecule has 1 amide bonds. The van der Waals surface area contributed by atoms with E-state index in [4.69, 9.17) is 10.2 Å². The highest BCUT2D eigenvalue weighted by molar-refractivity contribution is 5.76. The molecule has 0 aliphatic heterocycles. The topological polar surface area (TPSA) is 86.6 Å². The van der Waals surface area contributed by atoms with E-state index in [0.29, 0.717) is 0 Å². The zero-order chi connectivity index (χ0) is 7.28. The number of carboxylic acids is 1. The van der Waals surface area contributed by atoms with Crippen LogP contribution in [-0.4, -0.2) is 35.2 Å². The van der Waals surface area contributed by atoms with E-state index in [1.165, 1.54) is 0 Å². The summed E-state index contributed by atoms with van der Waals surface area (Å²) < 4.78 is 0. The summed E-state index contributed by atoms with van der Waals surface area (Å²) >= 11 is 0. The van der Waals surface area contributed by atoms with Gasteiger partial charge >= 0.3 is 12.4 Å². The molecule has 0 fully saturated rings. The minimum atomic E-state index is -1.28. The Morgan fingerprint density at radius 3 is 2.44 bits per heavy atom. The SMILES string of the molecule is O=[C]NC(CO)C(=O)O. The lowest BCUT2D eigenvalue weighted by Crippen LogP contribution is -2.38. The molecule has 1 atom stereocenters. The number of aliphatic hydroxyl groups excluding tert-OH is 1. The van der Waals surface area contributed by atoms with Crippen LogP contribution < -0.4 is 5.32 Å². The van der Waals surface area contributed by atoms with Gasteiger partial charge in [-0.2, -0.15) is 0 Å². The molecule has 0 aliphatic rings. The summed E-state index contributed by atoms with van der Waals surface area (Å²) in [6.07, 6.45) is 1.16. The van der Waals surface area contributed by atoms with E-state index in [9.17, 15) is 9.59 Å². The molecular formula is C4H6NO4. The first-order valence-corrected chi connectivity index (χ1v) is 2.18. The Labute approximate surface area is 51.3 Å². The van der Waals surface area contributed by atoms with E-state index in [-0.39, 0.29) is 0 Å². The third-order valence-corrected chi connectivity index (χ3v) is 0.714. The Hall–Kier alpha value is -1.10. The molecule has 9 heavy (non-hydrogen) atoms. The Balaban J connectivity index is 3.67. The molecule has 1 radical (unpaired) electrons. The maximum absolute atomic E-state index is 9.92. The number of amides is 1. The van der Waals surface area contributed by atoms with Crippen molar-refractivity contribution in [1.82, 2.24) is 5.32 Å². The predicted molar refractivity (Wildman–Crippen MR) is 27.3 cm³/mol. The lowest BCUT2D eigenvalue weighted by Gasteiger charge is -2.03. The Morgan fingerprint density at radius 2 is 2.33 bits per heavy atom. The predicted octanol–water partition coefficient (Wildman–Crippen LogP) is -1.91. The number of carbonyl (C=O) groups is 1. The summed E-state index contributed by atoms with van der Waals surface area (Å²) in [6.45, 7) is -0.620. The number of aliphatic hydroxyl groups is 1. The van der Waals surface area contributed by atoms with Crippen LogP contribution in [-0.2, 0) is 9.59 Å². The van der Waals surface area contributed by atoms with Gasteiger partial charge in [0.05, 0.1) is 6.61 Å². The molecule has 51 valence electrons. The van der Waals surface area contributed by atoms with Crippen molar-refractivity contribution in [3.8, 4) is 0 Å². The van der Waals surface area contributed by atoms with Crippen molar-refractivity contribution >= 4 is 12.4 Å². The number of nitrogens with one attached hydrogen (secondary N) is 1. The van der Waals surface area contributed by atoms with E-state index in [1.54, 1.807) is 5.32 Å². The largest absolute Gasteiger partial charge is 0.480 e. The number of hydrogen-bond donors (Lipinski definition) is 3. The first-order chi connectivity index (χ1) is 4.22. The van der Waals surface area contributed by atoms with Gasteiger partial charge in [-0.1, -0.05) is 0 Å². The smallest absolute Gasteiger partial charge is 0.328 e. The highest BCUT2D eigenvalue weighted by atomic mass is 16.4. The molecule has 0 aromatic heterocycles. The molecule has 1 unspecified atom stereocenters. The van der Waals surface area contributed by atoms with Gasteiger partial charge in [0.15, 0.2) is 6.04 Å². The average Bonchev–Trinajstić information content (AvgIpc) is 1.82. The number of hydrogen-bond acceptors (Lipinski definition) is 3. The molecule has 0 aromatic rings. The van der Waals surface area contributed by atoms with E-state index in [0.717, 1.165) is 6.41 Å². The van der Waals surface area contributed by atoms with Gasteiger partial charge in [0, 0.05) is 0 Å². The van der Waals surface area contributed by atoms with Crippen LogP contribution in [0.5, 0.6) is 0 Å². The number of carbonyl (C=O) groups excluding carboxylic acids is 1. The van der Waals surface area contributed by atoms with Crippen molar-refractivity contribution in [3.63, 3.8) is 0 Å². The van der Waals surface area contributed by atoms with Crippen molar-refractivity contribution in [1.29, 1.82) is 0 Å². The second-order valence-electron chi connectivity index (χ2n) is 1.32. The quantitative estimate of drug-likeness (QED) is 0.389. The first kappa shape index (κ1) is 7.90. The molecule has 0 rings (SSSR count). The fraction of sp³-hybridized carbons (Fsp3) is 0.500. The molecule has 0 saturated carbocycles. The van der Waals surface area contributed by atoms with Gasteiger partial charge in [0.1, 0.15) is 0 Å². The van der Waals surface area contributed by atoms with Gasteiger partial charge < -0.3 is 15.5 Å². The minimum Gasteiger partial charge on any atom is -0.480 e. The van der Waals surface area contributed by atoms with Crippen molar-refractivity contribution in [2.75, 3.05) is 6.61 Å². The van der Waals surface area contributed by atoms with E-state index in [1.807, 2.05) is 0 Å². The third kappa shape index (κ3) is 2.65. The van der Waals surface area contributed by atoms with Gasteiger partial charge in [0.2, 0.25) is 0 Å². The Morgan fingerprint density at radius 1 is 1.78 bits per heavy atom. The van der Waals surface area contributed by atoms with Crippen LogP contribution in [0.1, 0.15) is 0 Å². The molecule has 0 saturated heterocycles. The second-order valence-corrected chi connectivity index (χ2v) is 1.32. The maximum atomic E-state index is 9.92. The van der Waals surface area contributed by atoms with Gasteiger partial charge in [-0.3, -0.25) is 4.79 Å². The average molecular weight is 132 g/mol. The van der Waals surface area contributed by atoms with Crippen LogP contribution in [0.15, 0.2) is 0 Å². The molecule has 0 heterocycles. The van der Waals surface area contributed by atoms with Crippen LogP contribution in [0, 0.1) is 0 Å². The van der Waals surface area contributed by atoms with Gasteiger partial charge in [-0.25, -0.2) is 4.79 Å². The third-order valence-electron chi connectivity index (χ3n) is 0.714. The Kier molecular flexibility index (Phi) is 3.38. The lowest BCUT2D eigenvalue weighted by molar-refractivity contribution is -0.140. The van der Waals surface area contributed by atoms with Crippen molar-refractivity contribution < 1.29 is 19.8 Å². The number of aliphatic carboxylic acids is 1. The molecule has 0 aliphatic carbocycles. The van der Waals surface area contributed by atoms with Gasteiger partial charge in [-0.15, -0.1) is 0 Å². The summed E-state index contributed by atoms with van der Waals surface area (Å²) in [6, 6.07) is -1.23. The van der Waals surface area contributed by atoms with Crippen LogP contribution in [0.2, 0.25) is 0 Å². The monoisotopic (exact) mass is 132 g/mol. The molecule has 0 spiro atoms. The summed E-state index contributed by atoms with van der Waals surface area (Å²) in [4.78, 5) is 19.4. The van der Waals surface area contributed by atoms with Crippen LogP contribution in [0.25, 0.3) is 0 Å². The zero-order valence-electron chi connectivity index (χ0n) is 4.50. The fourth-order valence-electron chi connectivity index (χ4n) is 0.257. The van der Waals surface area contributed by atoms with Gasteiger partial charge in [-0.05, 0) is 0 Å². The Bertz CT molecular complexity index is 113. The van der Waals surface area contributed by atoms with Crippen LogP contribution in [0.4, 0.5) is 0 Å². The van der Waals surface area contributed by atoms with Crippen molar-refractivity contribution in [2.24, 2.45) is 0 Å². The first-order valence-electron chi connectivity index (χ1n) is 2.18. The normalized spacial score (nSPS) is 12.1. The standard InChI is InChI=1S/C4H6NO4/c6-1-3(4(8)9)5-2-7/h3,6H,1H2,(H,5,7)(H,8,9). The molecule has 5 heteroatoms. The highest BCUT2D eigenvalue weighted by Gasteiger charge is 2.13. The molecule has 3 N–H and O–H groups in total. The minimum absolute atomic E-state index is 0.620. The molecule has 0 bridgehead atoms.